The van der Waals surface area contributed by atoms with Gasteiger partial charge in [0.2, 0.25) is 0 Å². The van der Waals surface area contributed by atoms with E-state index in [9.17, 15) is 9.59 Å². The van der Waals surface area contributed by atoms with E-state index in [1.165, 1.54) is 0 Å². The number of ether oxygens (including phenoxy) is 2. The second-order valence-electron chi connectivity index (χ2n) is 7.24. The molecule has 0 bridgehead atoms. The Morgan fingerprint density at radius 1 is 0.657 bits per heavy atom. The molecule has 1 N–H and O–H groups in total. The van der Waals surface area contributed by atoms with Gasteiger partial charge in [-0.05, 0) is 172 Å². The van der Waals surface area contributed by atoms with E-state index >= 15 is 0 Å². The number of halogens is 6. The second-order valence-corrected chi connectivity index (χ2v) is 14.2. The lowest BCUT2D eigenvalue weighted by molar-refractivity contribution is -0.833. The summed E-state index contributed by atoms with van der Waals surface area (Å²) in [7, 11) is 0. The average molecular weight is 1150 g/mol. The fraction of sp³-hybridized carbons (Fsp3) is 0.167. The van der Waals surface area contributed by atoms with E-state index in [0.29, 0.717) is 24.2 Å². The lowest BCUT2D eigenvalue weighted by Gasteiger charge is -2.19. The Labute approximate surface area is 286 Å². The number of carbonyl (C=O) groups excluding carboxylic acids is 2. The summed E-state index contributed by atoms with van der Waals surface area (Å²) in [6, 6.07) is 17.7. The highest BCUT2D eigenvalue weighted by molar-refractivity contribution is 14.1. The molecule has 0 aromatic heterocycles. The van der Waals surface area contributed by atoms with E-state index in [-0.39, 0.29) is 25.2 Å². The molecule has 11 heteroatoms. The Morgan fingerprint density at radius 2 is 1.09 bits per heavy atom. The van der Waals surface area contributed by atoms with Crippen molar-refractivity contribution in [2.24, 2.45) is 0 Å². The minimum absolute atomic E-state index is 0.252. The van der Waals surface area contributed by atoms with Crippen LogP contribution in [0.2, 0.25) is 0 Å². The zero-order valence-corrected chi connectivity index (χ0v) is 30.9. The van der Waals surface area contributed by atoms with Crippen LogP contribution in [0.3, 0.4) is 0 Å². The van der Waals surface area contributed by atoms with Gasteiger partial charge in [-0.15, -0.1) is 0 Å². The molecular weight excluding hydrogens is 1130 g/mol. The van der Waals surface area contributed by atoms with Crippen LogP contribution < -0.4 is 4.90 Å². The van der Waals surface area contributed by atoms with Crippen LogP contribution in [0.4, 0.5) is 5.69 Å². The Kier molecular flexibility index (Phi) is 13.0. The molecule has 3 aromatic rings. The predicted molar refractivity (Wildman–Crippen MR) is 187 cm³/mol. The molecule has 0 saturated carbocycles. The lowest BCUT2D eigenvalue weighted by Crippen LogP contribution is -3.08. The van der Waals surface area contributed by atoms with Crippen LogP contribution in [0, 0.1) is 21.4 Å². The summed E-state index contributed by atoms with van der Waals surface area (Å²) in [6.07, 6.45) is 0. The Morgan fingerprint density at radius 3 is 1.51 bits per heavy atom. The number of esters is 2. The smallest absolute Gasteiger partial charge is 0.339 e. The number of hydrogen-bond acceptors (Lipinski definition) is 4. The van der Waals surface area contributed by atoms with Gasteiger partial charge in [0, 0.05) is 21.4 Å². The number of carbonyl (C=O) groups is 2. The molecule has 0 saturated heterocycles. The fourth-order valence-corrected chi connectivity index (χ4v) is 7.94. The molecule has 0 aliphatic rings. The van der Waals surface area contributed by atoms with Gasteiger partial charge in [0.15, 0.2) is 0 Å². The first-order valence-corrected chi connectivity index (χ1v) is 16.7. The van der Waals surface area contributed by atoms with Crippen LogP contribution in [0.25, 0.3) is 0 Å². The quantitative estimate of drug-likeness (QED) is 0.150. The van der Waals surface area contributed by atoms with Crippen LogP contribution >= 0.6 is 136 Å². The molecule has 0 spiro atoms. The third-order valence-electron chi connectivity index (χ3n) is 4.88. The average Bonchev–Trinajstić information content (AvgIpc) is 2.82. The molecule has 0 aliphatic carbocycles. The zero-order valence-electron chi connectivity index (χ0n) is 17.9. The van der Waals surface area contributed by atoms with Gasteiger partial charge >= 0.3 is 11.9 Å². The summed E-state index contributed by atoms with van der Waals surface area (Å²) >= 11 is 13.2. The van der Waals surface area contributed by atoms with Gasteiger partial charge in [0.25, 0.3) is 0 Å². The molecule has 0 aliphatic heterocycles. The number of para-hydroxylation sites is 1. The van der Waals surface area contributed by atoms with Crippen LogP contribution in [-0.4, -0.2) is 38.2 Å². The first-order chi connectivity index (χ1) is 16.7. The number of quaternary nitrogens is 1. The number of hydrogen-bond donors (Lipinski definition) is 1. The molecule has 0 amide bonds. The molecule has 0 unspecified atom stereocenters. The van der Waals surface area contributed by atoms with E-state index in [0.717, 1.165) is 32.0 Å². The summed E-state index contributed by atoms with van der Waals surface area (Å²) in [4.78, 5) is 26.5. The standard InChI is InChI=1S/C24H17I6NO4/c25-14-10-17(21(29)19(27)12-14)23(32)34-8-6-31(16-4-2-1-3-5-16)7-9-35-24(33)18-11-15(26)13-20(28)22(18)30/h1-5,10-13H,6-9H2/p+1. The van der Waals surface area contributed by atoms with Crippen molar-refractivity contribution in [3.05, 3.63) is 87.1 Å². The molecular formula is C24H18I6NO4+. The highest BCUT2D eigenvalue weighted by Crippen LogP contribution is 2.24. The van der Waals surface area contributed by atoms with Crippen molar-refractivity contribution >= 4 is 153 Å². The Hall–Kier alpha value is 0.940. The second kappa shape index (κ2) is 14.9. The maximum atomic E-state index is 12.7. The zero-order chi connectivity index (χ0) is 25.5. The van der Waals surface area contributed by atoms with E-state index in [4.69, 9.17) is 9.47 Å². The van der Waals surface area contributed by atoms with Crippen molar-refractivity contribution in [3.63, 3.8) is 0 Å². The SMILES string of the molecule is O=C(OCC[NH+](CCOC(=O)c1cc(I)cc(I)c1I)c1ccccc1)c1cc(I)cc(I)c1I. The molecule has 0 heterocycles. The monoisotopic (exact) mass is 1150 g/mol. The van der Waals surface area contributed by atoms with Gasteiger partial charge in [-0.25, -0.2) is 9.59 Å². The van der Waals surface area contributed by atoms with Gasteiger partial charge in [-0.2, -0.15) is 0 Å². The summed E-state index contributed by atoms with van der Waals surface area (Å²) in [5.74, 6) is -0.653. The summed E-state index contributed by atoms with van der Waals surface area (Å²) in [6.45, 7) is 1.62. The first-order valence-electron chi connectivity index (χ1n) is 10.2. The molecule has 3 rings (SSSR count). The topological polar surface area (TPSA) is 57.0 Å². The van der Waals surface area contributed by atoms with Crippen molar-refractivity contribution in [3.8, 4) is 0 Å². The minimum Gasteiger partial charge on any atom is -0.456 e. The molecule has 0 atom stereocenters. The van der Waals surface area contributed by atoms with Gasteiger partial charge in [-0.3, -0.25) is 4.90 Å². The largest absolute Gasteiger partial charge is 0.456 e. The highest BCUT2D eigenvalue weighted by Gasteiger charge is 2.19. The maximum Gasteiger partial charge on any atom is 0.339 e. The van der Waals surface area contributed by atoms with Gasteiger partial charge in [0.1, 0.15) is 32.0 Å². The molecule has 35 heavy (non-hydrogen) atoms. The number of rotatable bonds is 9. The molecule has 3 aromatic carbocycles. The van der Waals surface area contributed by atoms with Gasteiger partial charge < -0.3 is 9.47 Å². The van der Waals surface area contributed by atoms with Gasteiger partial charge in [-0.1, -0.05) is 18.2 Å². The fourth-order valence-electron chi connectivity index (χ4n) is 3.19. The van der Waals surface area contributed by atoms with Crippen molar-refractivity contribution in [2.75, 3.05) is 26.3 Å². The third-order valence-corrected chi connectivity index (χ3v) is 12.2. The maximum absolute atomic E-state index is 12.7. The molecule has 5 nitrogen and oxygen atoms in total. The van der Waals surface area contributed by atoms with Crippen LogP contribution in [0.5, 0.6) is 0 Å². The Balaban J connectivity index is 1.62. The van der Waals surface area contributed by atoms with Crippen LogP contribution in [0.1, 0.15) is 20.7 Å². The molecule has 0 fully saturated rings. The van der Waals surface area contributed by atoms with E-state index in [1.807, 2.05) is 54.6 Å². The van der Waals surface area contributed by atoms with Crippen molar-refractivity contribution in [1.29, 1.82) is 0 Å². The third kappa shape index (κ3) is 8.99. The van der Waals surface area contributed by atoms with Crippen molar-refractivity contribution in [2.45, 2.75) is 0 Å². The number of benzene rings is 3. The summed E-state index contributed by atoms with van der Waals surface area (Å²) < 4.78 is 17.1. The summed E-state index contributed by atoms with van der Waals surface area (Å²) in [5.41, 5.74) is 2.22. The van der Waals surface area contributed by atoms with E-state index < -0.39 is 0 Å². The minimum atomic E-state index is -0.326. The van der Waals surface area contributed by atoms with Crippen molar-refractivity contribution < 1.29 is 24.0 Å². The van der Waals surface area contributed by atoms with Crippen LogP contribution in [-0.2, 0) is 9.47 Å². The van der Waals surface area contributed by atoms with Gasteiger partial charge in [0.05, 0.1) is 11.1 Å². The normalized spacial score (nSPS) is 10.9. The number of nitrogens with one attached hydrogen (secondary N) is 1. The molecule has 184 valence electrons. The van der Waals surface area contributed by atoms with Crippen molar-refractivity contribution in [1.82, 2.24) is 0 Å². The predicted octanol–water partition coefficient (Wildman–Crippen LogP) is 6.54. The van der Waals surface area contributed by atoms with Crippen LogP contribution in [0.15, 0.2) is 54.6 Å². The van der Waals surface area contributed by atoms with E-state index in [1.54, 1.807) is 0 Å². The lowest BCUT2D eigenvalue weighted by atomic mass is 10.2. The first kappa shape index (κ1) is 30.5. The molecule has 0 radical (unpaired) electrons. The van der Waals surface area contributed by atoms with E-state index in [2.05, 4.69) is 136 Å². The summed E-state index contributed by atoms with van der Waals surface area (Å²) in [5, 5.41) is 0. The Bertz CT molecular complexity index is 1150. The highest BCUT2D eigenvalue weighted by atomic mass is 127.